The number of nitrogens with one attached hydrogen (secondary N) is 1. The van der Waals surface area contributed by atoms with Gasteiger partial charge >= 0.3 is 0 Å². The maximum absolute atomic E-state index is 13.8. The Hall–Kier alpha value is -2.95. The zero-order valence-electron chi connectivity index (χ0n) is 18.8. The number of rotatable bonds is 10. The van der Waals surface area contributed by atoms with Crippen molar-refractivity contribution in [3.05, 3.63) is 67.8 Å². The Kier molecular flexibility index (Phi) is 8.65. The summed E-state index contributed by atoms with van der Waals surface area (Å²) >= 11 is 8.53. The lowest BCUT2D eigenvalue weighted by molar-refractivity contribution is -0.126. The van der Waals surface area contributed by atoms with Gasteiger partial charge in [-0.3, -0.25) is 14.4 Å². The Balaban J connectivity index is 2.05. The minimum Gasteiger partial charge on any atom is -0.395 e. The topological polar surface area (TPSA) is 131 Å². The Morgan fingerprint density at radius 1 is 1.18 bits per heavy atom. The molecule has 2 aromatic heterocycles. The first-order chi connectivity index (χ1) is 16.2. The molecule has 0 aliphatic heterocycles. The second-order valence-electron chi connectivity index (χ2n) is 8.05. The van der Waals surface area contributed by atoms with Gasteiger partial charge in [0.15, 0.2) is 5.69 Å². The van der Waals surface area contributed by atoms with Crippen molar-refractivity contribution in [1.29, 1.82) is 0 Å². The molecule has 1 atom stereocenters. The summed E-state index contributed by atoms with van der Waals surface area (Å²) in [6.45, 7) is 4.65. The van der Waals surface area contributed by atoms with E-state index in [2.05, 4.69) is 23.5 Å². The highest BCUT2D eigenvalue weighted by atomic mass is 35.5. The number of aromatic nitrogens is 1. The maximum atomic E-state index is 13.8. The zero-order chi connectivity index (χ0) is 24.8. The minimum atomic E-state index is -0.936. The molecule has 0 saturated heterocycles. The second kappa shape index (κ2) is 11.5. The molecule has 0 aliphatic carbocycles. The predicted molar refractivity (Wildman–Crippen MR) is 136 cm³/mol. The van der Waals surface area contributed by atoms with Crippen LogP contribution in [0.25, 0.3) is 0 Å². The van der Waals surface area contributed by atoms with Crippen molar-refractivity contribution in [1.82, 2.24) is 14.6 Å². The predicted octanol–water partition coefficient (Wildman–Crippen LogP) is 4.09. The van der Waals surface area contributed by atoms with Crippen LogP contribution in [0.4, 0.5) is 5.69 Å². The number of amides is 3. The third kappa shape index (κ3) is 5.94. The summed E-state index contributed by atoms with van der Waals surface area (Å²) < 4.78 is 3.95. The molecule has 0 unspecified atom stereocenters. The van der Waals surface area contributed by atoms with Crippen molar-refractivity contribution >= 4 is 57.9 Å². The van der Waals surface area contributed by atoms with Crippen LogP contribution < -0.4 is 16.8 Å². The molecule has 180 valence electrons. The lowest BCUT2D eigenvalue weighted by Crippen LogP contribution is -2.43. The highest BCUT2D eigenvalue weighted by molar-refractivity contribution is 7.10. The van der Waals surface area contributed by atoms with E-state index < -0.39 is 17.9 Å². The Morgan fingerprint density at radius 2 is 1.91 bits per heavy atom. The number of halogens is 1. The van der Waals surface area contributed by atoms with Gasteiger partial charge in [0.05, 0.1) is 5.69 Å². The Morgan fingerprint density at radius 3 is 2.50 bits per heavy atom. The van der Waals surface area contributed by atoms with Gasteiger partial charge in [-0.1, -0.05) is 49.7 Å². The number of nitrogens with zero attached hydrogens (tertiary/aromatic N) is 2. The van der Waals surface area contributed by atoms with Gasteiger partial charge < -0.3 is 21.7 Å². The minimum absolute atomic E-state index is 0.0393. The lowest BCUT2D eigenvalue weighted by Gasteiger charge is -2.30. The highest BCUT2D eigenvalue weighted by Crippen LogP contribution is 2.33. The molecule has 3 amide bonds. The zero-order valence-corrected chi connectivity index (χ0v) is 21.2. The van der Waals surface area contributed by atoms with E-state index in [0.29, 0.717) is 27.9 Å². The van der Waals surface area contributed by atoms with E-state index in [4.69, 9.17) is 23.1 Å². The van der Waals surface area contributed by atoms with Crippen LogP contribution in [-0.2, 0) is 11.3 Å². The van der Waals surface area contributed by atoms with Crippen molar-refractivity contribution in [2.75, 3.05) is 12.3 Å². The molecule has 0 bridgehead atoms. The third-order valence-corrected chi connectivity index (χ3v) is 7.25. The van der Waals surface area contributed by atoms with Gasteiger partial charge in [-0.25, -0.2) is 0 Å². The SMILES string of the molecule is CC(C)CCNC(=O)[C@H](c1cccs1)N(Cc1ccccc1Cl)C(=O)c1snc(C(N)=O)c1N. The fraction of sp³-hybridized carbons (Fsp3) is 0.304. The average Bonchev–Trinajstić information content (AvgIpc) is 3.44. The summed E-state index contributed by atoms with van der Waals surface area (Å²) in [5.41, 5.74) is 11.8. The van der Waals surface area contributed by atoms with Crippen molar-refractivity contribution < 1.29 is 14.4 Å². The number of carbonyl (C=O) groups is 3. The number of hydrogen-bond acceptors (Lipinski definition) is 7. The van der Waals surface area contributed by atoms with E-state index in [-0.39, 0.29) is 28.7 Å². The number of anilines is 1. The summed E-state index contributed by atoms with van der Waals surface area (Å²) in [5, 5.41) is 5.25. The largest absolute Gasteiger partial charge is 0.395 e. The summed E-state index contributed by atoms with van der Waals surface area (Å²) in [4.78, 5) is 41.0. The standard InChI is InChI=1S/C23H26ClN5O3S2/c1-13(2)9-10-27-22(31)19(16-8-5-11-33-16)29(12-14-6-3-4-7-15(14)24)23(32)20-17(25)18(21(26)30)28-34-20/h3-8,11,13,19H,9-10,12,25H2,1-2H3,(H2,26,30)(H,27,31)/t19-/m0/s1. The van der Waals surface area contributed by atoms with Gasteiger partial charge in [-0.2, -0.15) is 4.37 Å². The molecule has 0 aliphatic rings. The molecule has 0 spiro atoms. The molecular formula is C23H26ClN5O3S2. The van der Waals surface area contributed by atoms with Crippen LogP contribution in [0.15, 0.2) is 41.8 Å². The van der Waals surface area contributed by atoms with Gasteiger partial charge in [0.1, 0.15) is 10.9 Å². The molecule has 3 aromatic rings. The number of hydrogen-bond donors (Lipinski definition) is 3. The lowest BCUT2D eigenvalue weighted by atomic mass is 10.1. The van der Waals surface area contributed by atoms with Gasteiger partial charge in [-0.05, 0) is 46.9 Å². The summed E-state index contributed by atoms with van der Waals surface area (Å²) in [7, 11) is 0. The van der Waals surface area contributed by atoms with E-state index in [1.165, 1.54) is 16.2 Å². The third-order valence-electron chi connectivity index (χ3n) is 5.11. The van der Waals surface area contributed by atoms with Crippen LogP contribution in [0.2, 0.25) is 5.02 Å². The summed E-state index contributed by atoms with van der Waals surface area (Å²) in [6, 6.07) is 9.78. The molecule has 0 saturated carbocycles. The van der Waals surface area contributed by atoms with Crippen molar-refractivity contribution in [2.24, 2.45) is 11.7 Å². The Bertz CT molecular complexity index is 1160. The number of primary amides is 1. The van der Waals surface area contributed by atoms with Crippen LogP contribution in [0, 0.1) is 5.92 Å². The number of benzene rings is 1. The molecule has 0 radical (unpaired) electrons. The molecule has 11 heteroatoms. The summed E-state index contributed by atoms with van der Waals surface area (Å²) in [6.07, 6.45) is 0.797. The van der Waals surface area contributed by atoms with E-state index in [1.54, 1.807) is 30.3 Å². The number of carbonyl (C=O) groups excluding carboxylic acids is 3. The molecule has 5 N–H and O–H groups in total. The molecule has 0 fully saturated rings. The van der Waals surface area contributed by atoms with E-state index in [0.717, 1.165) is 18.0 Å². The Labute approximate surface area is 211 Å². The van der Waals surface area contributed by atoms with E-state index in [9.17, 15) is 14.4 Å². The van der Waals surface area contributed by atoms with Gasteiger partial charge in [0.2, 0.25) is 5.91 Å². The second-order valence-corrected chi connectivity index (χ2v) is 10.2. The first-order valence-corrected chi connectivity index (χ1v) is 12.6. The number of nitrogen functional groups attached to an aromatic ring is 1. The van der Waals surface area contributed by atoms with Gasteiger partial charge in [-0.15, -0.1) is 11.3 Å². The number of nitrogens with two attached hydrogens (primary N) is 2. The van der Waals surface area contributed by atoms with Gasteiger partial charge in [0, 0.05) is 23.0 Å². The van der Waals surface area contributed by atoms with Crippen LogP contribution >= 0.6 is 34.5 Å². The molecule has 34 heavy (non-hydrogen) atoms. The monoisotopic (exact) mass is 519 g/mol. The smallest absolute Gasteiger partial charge is 0.270 e. The molecular weight excluding hydrogens is 494 g/mol. The van der Waals surface area contributed by atoms with Crippen molar-refractivity contribution in [2.45, 2.75) is 32.9 Å². The fourth-order valence-electron chi connectivity index (χ4n) is 3.30. The molecule has 3 rings (SSSR count). The number of thiophene rings is 1. The van der Waals surface area contributed by atoms with Crippen LogP contribution in [-0.4, -0.2) is 33.5 Å². The fourth-order valence-corrected chi connectivity index (χ4v) is 5.09. The van der Waals surface area contributed by atoms with E-state index >= 15 is 0 Å². The molecule has 2 heterocycles. The van der Waals surface area contributed by atoms with Crippen LogP contribution in [0.3, 0.4) is 0 Å². The van der Waals surface area contributed by atoms with E-state index in [1.807, 2.05) is 11.4 Å². The first kappa shape index (κ1) is 25.7. The van der Waals surface area contributed by atoms with Gasteiger partial charge in [0.25, 0.3) is 11.8 Å². The summed E-state index contributed by atoms with van der Waals surface area (Å²) in [5.74, 6) is -1.28. The normalized spacial score (nSPS) is 11.9. The first-order valence-electron chi connectivity index (χ1n) is 10.6. The molecule has 1 aromatic carbocycles. The van der Waals surface area contributed by atoms with Crippen molar-refractivity contribution in [3.63, 3.8) is 0 Å². The van der Waals surface area contributed by atoms with Crippen molar-refractivity contribution in [3.8, 4) is 0 Å². The molecule has 8 nitrogen and oxygen atoms in total. The quantitative estimate of drug-likeness (QED) is 0.371. The van der Waals surface area contributed by atoms with Crippen LogP contribution in [0.1, 0.15) is 56.9 Å². The highest BCUT2D eigenvalue weighted by Gasteiger charge is 2.35. The maximum Gasteiger partial charge on any atom is 0.270 e. The van der Waals surface area contributed by atoms with Crippen LogP contribution in [0.5, 0.6) is 0 Å². The average molecular weight is 520 g/mol.